The largest absolute Gasteiger partial charge is 0.277 e. The summed E-state index contributed by atoms with van der Waals surface area (Å²) in [5, 5.41) is 2.68. The van der Waals surface area contributed by atoms with Crippen molar-refractivity contribution in [1.82, 2.24) is 4.98 Å². The van der Waals surface area contributed by atoms with E-state index < -0.39 is 0 Å². The molecule has 0 bridgehead atoms. The SMILES string of the molecule is Clc1ccc(N(Nc2ccccn2)c2ccccc2)cc1. The van der Waals surface area contributed by atoms with E-state index in [0.717, 1.165) is 17.2 Å². The average molecular weight is 296 g/mol. The van der Waals surface area contributed by atoms with Crippen molar-refractivity contribution in [1.29, 1.82) is 0 Å². The molecule has 1 N–H and O–H groups in total. The first kappa shape index (κ1) is 13.5. The lowest BCUT2D eigenvalue weighted by atomic mass is 10.2. The van der Waals surface area contributed by atoms with Crippen molar-refractivity contribution in [2.75, 3.05) is 10.4 Å². The zero-order chi connectivity index (χ0) is 14.5. The normalized spacial score (nSPS) is 10.1. The van der Waals surface area contributed by atoms with Gasteiger partial charge >= 0.3 is 0 Å². The second-order valence-electron chi connectivity index (χ2n) is 4.47. The van der Waals surface area contributed by atoms with Gasteiger partial charge in [0.15, 0.2) is 0 Å². The molecule has 3 aromatic rings. The molecule has 4 heteroatoms. The second-order valence-corrected chi connectivity index (χ2v) is 4.91. The van der Waals surface area contributed by atoms with Gasteiger partial charge in [0, 0.05) is 11.2 Å². The maximum Gasteiger partial charge on any atom is 0.144 e. The summed E-state index contributed by atoms with van der Waals surface area (Å²) in [6.07, 6.45) is 1.76. The van der Waals surface area contributed by atoms with Crippen LogP contribution in [0.15, 0.2) is 79.0 Å². The maximum atomic E-state index is 5.97. The van der Waals surface area contributed by atoms with Crippen LogP contribution < -0.4 is 10.4 Å². The molecule has 0 aliphatic heterocycles. The number of hydrogen-bond donors (Lipinski definition) is 1. The minimum atomic E-state index is 0.713. The first-order valence-electron chi connectivity index (χ1n) is 6.61. The monoisotopic (exact) mass is 295 g/mol. The molecule has 0 radical (unpaired) electrons. The molecule has 104 valence electrons. The molecule has 2 aromatic carbocycles. The number of anilines is 3. The number of para-hydroxylation sites is 1. The number of benzene rings is 2. The molecular weight excluding hydrogens is 282 g/mol. The number of hydrazine groups is 1. The van der Waals surface area contributed by atoms with Gasteiger partial charge in [-0.25, -0.2) is 4.98 Å². The van der Waals surface area contributed by atoms with Gasteiger partial charge in [0.2, 0.25) is 0 Å². The molecule has 3 nitrogen and oxygen atoms in total. The topological polar surface area (TPSA) is 28.2 Å². The smallest absolute Gasteiger partial charge is 0.144 e. The number of rotatable bonds is 4. The summed E-state index contributed by atoms with van der Waals surface area (Å²) in [7, 11) is 0. The van der Waals surface area contributed by atoms with Crippen LogP contribution in [0, 0.1) is 0 Å². The quantitative estimate of drug-likeness (QED) is 0.694. The third-order valence-corrected chi connectivity index (χ3v) is 3.24. The van der Waals surface area contributed by atoms with Crippen molar-refractivity contribution < 1.29 is 0 Å². The fourth-order valence-corrected chi connectivity index (χ4v) is 2.11. The predicted molar refractivity (Wildman–Crippen MR) is 87.9 cm³/mol. The van der Waals surface area contributed by atoms with Gasteiger partial charge in [-0.1, -0.05) is 35.9 Å². The lowest BCUT2D eigenvalue weighted by molar-refractivity contribution is 1.12. The summed E-state index contributed by atoms with van der Waals surface area (Å²) >= 11 is 5.97. The van der Waals surface area contributed by atoms with Crippen LogP contribution in [0.2, 0.25) is 5.02 Å². The minimum Gasteiger partial charge on any atom is -0.277 e. The molecule has 0 saturated carbocycles. The first-order chi connectivity index (χ1) is 10.3. The molecule has 1 heterocycles. The van der Waals surface area contributed by atoms with Crippen molar-refractivity contribution in [3.8, 4) is 0 Å². The van der Waals surface area contributed by atoms with Gasteiger partial charge in [-0.05, 0) is 48.5 Å². The van der Waals surface area contributed by atoms with Gasteiger partial charge in [-0.15, -0.1) is 0 Å². The lowest BCUT2D eigenvalue weighted by Gasteiger charge is -2.26. The van der Waals surface area contributed by atoms with Crippen LogP contribution in [0.1, 0.15) is 0 Å². The van der Waals surface area contributed by atoms with E-state index in [1.165, 1.54) is 0 Å². The van der Waals surface area contributed by atoms with Crippen molar-refractivity contribution in [3.63, 3.8) is 0 Å². The highest BCUT2D eigenvalue weighted by molar-refractivity contribution is 6.30. The molecule has 3 rings (SSSR count). The summed E-state index contributed by atoms with van der Waals surface area (Å²) < 4.78 is 0. The molecule has 0 atom stereocenters. The van der Waals surface area contributed by atoms with Crippen LogP contribution in [0.25, 0.3) is 0 Å². The second kappa shape index (κ2) is 6.29. The third kappa shape index (κ3) is 3.33. The Morgan fingerprint density at radius 3 is 2.10 bits per heavy atom. The average Bonchev–Trinajstić information content (AvgIpc) is 2.55. The third-order valence-electron chi connectivity index (χ3n) is 2.99. The van der Waals surface area contributed by atoms with E-state index in [-0.39, 0.29) is 0 Å². The van der Waals surface area contributed by atoms with E-state index in [9.17, 15) is 0 Å². The van der Waals surface area contributed by atoms with E-state index >= 15 is 0 Å². The molecule has 0 spiro atoms. The Morgan fingerprint density at radius 1 is 0.762 bits per heavy atom. The lowest BCUT2D eigenvalue weighted by Crippen LogP contribution is -2.24. The van der Waals surface area contributed by atoms with Crippen LogP contribution in [0.5, 0.6) is 0 Å². The number of nitrogens with one attached hydrogen (secondary N) is 1. The number of aromatic nitrogens is 1. The zero-order valence-corrected chi connectivity index (χ0v) is 12.0. The van der Waals surface area contributed by atoms with E-state index in [1.54, 1.807) is 6.20 Å². The number of hydrogen-bond acceptors (Lipinski definition) is 3. The molecule has 21 heavy (non-hydrogen) atoms. The Morgan fingerprint density at radius 2 is 1.43 bits per heavy atom. The fourth-order valence-electron chi connectivity index (χ4n) is 1.99. The van der Waals surface area contributed by atoms with E-state index in [2.05, 4.69) is 10.4 Å². The van der Waals surface area contributed by atoms with Gasteiger partial charge in [0.25, 0.3) is 0 Å². The first-order valence-corrected chi connectivity index (χ1v) is 6.99. The molecule has 0 aliphatic rings. The van der Waals surface area contributed by atoms with Gasteiger partial charge in [-0.3, -0.25) is 10.4 Å². The van der Waals surface area contributed by atoms with Gasteiger partial charge < -0.3 is 0 Å². The Balaban J connectivity index is 1.97. The summed E-state index contributed by atoms with van der Waals surface area (Å²) in [6, 6.07) is 23.5. The van der Waals surface area contributed by atoms with Crippen LogP contribution in [0.4, 0.5) is 17.2 Å². The number of halogens is 1. The van der Waals surface area contributed by atoms with Crippen molar-refractivity contribution in [2.24, 2.45) is 0 Å². The molecule has 0 saturated heterocycles. The molecule has 0 aliphatic carbocycles. The van der Waals surface area contributed by atoms with Crippen molar-refractivity contribution in [2.45, 2.75) is 0 Å². The minimum absolute atomic E-state index is 0.713. The van der Waals surface area contributed by atoms with Crippen LogP contribution in [0.3, 0.4) is 0 Å². The Bertz CT molecular complexity index is 684. The summed E-state index contributed by atoms with van der Waals surface area (Å²) in [5.74, 6) is 0.774. The Labute approximate surface area is 128 Å². The maximum absolute atomic E-state index is 5.97. The van der Waals surface area contributed by atoms with Gasteiger partial charge in [0.1, 0.15) is 5.82 Å². The van der Waals surface area contributed by atoms with E-state index in [0.29, 0.717) is 5.02 Å². The summed E-state index contributed by atoms with van der Waals surface area (Å²) in [4.78, 5) is 4.31. The van der Waals surface area contributed by atoms with Crippen LogP contribution >= 0.6 is 11.6 Å². The standard InChI is InChI=1S/C17H14ClN3/c18-14-9-11-16(12-10-14)21(15-6-2-1-3-7-15)20-17-8-4-5-13-19-17/h1-13H,(H,19,20). The van der Waals surface area contributed by atoms with Gasteiger partial charge in [0.05, 0.1) is 11.4 Å². The van der Waals surface area contributed by atoms with Crippen molar-refractivity contribution in [3.05, 3.63) is 84.0 Å². The van der Waals surface area contributed by atoms with E-state index in [1.807, 2.05) is 77.8 Å². The molecular formula is C17H14ClN3. The van der Waals surface area contributed by atoms with Crippen LogP contribution in [-0.4, -0.2) is 4.98 Å². The molecule has 1 aromatic heterocycles. The predicted octanol–water partition coefficient (Wildman–Crippen LogP) is 4.90. The van der Waals surface area contributed by atoms with Gasteiger partial charge in [-0.2, -0.15) is 0 Å². The fraction of sp³-hybridized carbons (Fsp3) is 0. The molecule has 0 unspecified atom stereocenters. The molecule has 0 fully saturated rings. The highest BCUT2D eigenvalue weighted by Crippen LogP contribution is 2.26. The highest BCUT2D eigenvalue weighted by atomic mass is 35.5. The number of nitrogens with zero attached hydrogens (tertiary/aromatic N) is 2. The van der Waals surface area contributed by atoms with Crippen LogP contribution in [-0.2, 0) is 0 Å². The summed E-state index contributed by atoms with van der Waals surface area (Å²) in [6.45, 7) is 0. The number of pyridine rings is 1. The molecule has 0 amide bonds. The summed E-state index contributed by atoms with van der Waals surface area (Å²) in [5.41, 5.74) is 5.31. The van der Waals surface area contributed by atoms with E-state index in [4.69, 9.17) is 11.6 Å². The highest BCUT2D eigenvalue weighted by Gasteiger charge is 2.09. The Hall–Kier alpha value is -2.52. The Kier molecular flexibility index (Phi) is 4.03. The van der Waals surface area contributed by atoms with Crippen molar-refractivity contribution >= 4 is 28.8 Å². The zero-order valence-electron chi connectivity index (χ0n) is 11.3.